The minimum atomic E-state index is -0.875. The van der Waals surface area contributed by atoms with Crippen LogP contribution in [-0.2, 0) is 14.3 Å². The normalized spacial score (nSPS) is 11.6. The van der Waals surface area contributed by atoms with Crippen molar-refractivity contribution in [2.75, 3.05) is 24.4 Å². The van der Waals surface area contributed by atoms with E-state index in [1.54, 1.807) is 6.92 Å². The number of carbonyl (C=O) groups is 2. The fourth-order valence-corrected chi connectivity index (χ4v) is 3.04. The molecule has 0 heterocycles. The molecule has 0 aliphatic carbocycles. The Labute approximate surface area is 203 Å². The first-order valence-electron chi connectivity index (χ1n) is 9.86. The number of nitrogens with one attached hydrogen (secondary N) is 2. The van der Waals surface area contributed by atoms with Crippen molar-refractivity contribution in [2.24, 2.45) is 10.2 Å². The summed E-state index contributed by atoms with van der Waals surface area (Å²) < 4.78 is 10.3. The Kier molecular flexibility index (Phi) is 8.99. The summed E-state index contributed by atoms with van der Waals surface area (Å²) in [5.74, 6) is -0.615. The summed E-state index contributed by atoms with van der Waals surface area (Å²) in [4.78, 5) is 43.5. The van der Waals surface area contributed by atoms with Crippen molar-refractivity contribution in [3.63, 3.8) is 0 Å². The van der Waals surface area contributed by atoms with E-state index in [0.717, 1.165) is 6.07 Å². The van der Waals surface area contributed by atoms with Gasteiger partial charge in [-0.25, -0.2) is 0 Å². The van der Waals surface area contributed by atoms with Crippen LogP contribution in [0.25, 0.3) is 0 Å². The van der Waals surface area contributed by atoms with Gasteiger partial charge in [0.2, 0.25) is 5.91 Å². The number of non-ortho nitro benzene ring substituents is 1. The first-order valence-corrected chi connectivity index (χ1v) is 10.2. The Morgan fingerprint density at radius 3 is 2.31 bits per heavy atom. The van der Waals surface area contributed by atoms with E-state index in [9.17, 15) is 29.8 Å². The lowest BCUT2D eigenvalue weighted by Crippen LogP contribution is -2.23. The first kappa shape index (κ1) is 26.9. The van der Waals surface area contributed by atoms with Crippen LogP contribution in [0.4, 0.5) is 34.1 Å². The largest absolute Gasteiger partial charge is 0.495 e. The van der Waals surface area contributed by atoms with Crippen LogP contribution < -0.4 is 15.4 Å². The van der Waals surface area contributed by atoms with Gasteiger partial charge in [0.1, 0.15) is 18.0 Å². The second-order valence-electron chi connectivity index (χ2n) is 7.11. The predicted octanol–water partition coefficient (Wildman–Crippen LogP) is 4.90. The fourth-order valence-electron chi connectivity index (χ4n) is 2.79. The highest BCUT2D eigenvalue weighted by molar-refractivity contribution is 6.33. The van der Waals surface area contributed by atoms with Crippen molar-refractivity contribution in [3.05, 3.63) is 49.5 Å². The quantitative estimate of drug-likeness (QED) is 0.194. The molecule has 2 aromatic rings. The summed E-state index contributed by atoms with van der Waals surface area (Å²) >= 11 is 6.00. The van der Waals surface area contributed by atoms with Crippen LogP contribution in [0, 0.1) is 20.2 Å². The summed E-state index contributed by atoms with van der Waals surface area (Å²) in [5.41, 5.74) is -1.07. The Balaban J connectivity index is 2.53. The number of ether oxygens (including phenoxy) is 2. The molecule has 0 saturated carbocycles. The molecule has 1 amide bonds. The van der Waals surface area contributed by atoms with Gasteiger partial charge in [-0.05, 0) is 13.0 Å². The zero-order chi connectivity index (χ0) is 26.3. The van der Waals surface area contributed by atoms with Gasteiger partial charge < -0.3 is 20.1 Å². The number of rotatable bonds is 10. The number of anilines is 2. The molecule has 0 aliphatic heterocycles. The molecule has 2 rings (SSSR count). The molecule has 35 heavy (non-hydrogen) atoms. The molecule has 0 fully saturated rings. The topological polar surface area (TPSA) is 188 Å². The second kappa shape index (κ2) is 11.7. The zero-order valence-electron chi connectivity index (χ0n) is 19.0. The molecule has 186 valence electrons. The standard InChI is InChI=1S/C20H21ClN6O8/c1-10(9-35-12(3)29)22-17-7-15(23-11(2)28)16(8-19(17)34-4)24-25-20-14(21)5-13(26(30)31)6-18(20)27(32)33/h5-8,10,22H,9H2,1-4H3,(H,23,28). The first-order chi connectivity index (χ1) is 16.4. The summed E-state index contributed by atoms with van der Waals surface area (Å²) in [6, 6.07) is 4.20. The molecule has 0 aliphatic rings. The van der Waals surface area contributed by atoms with Crippen LogP contribution in [0.15, 0.2) is 34.5 Å². The fraction of sp³-hybridized carbons (Fsp3) is 0.300. The zero-order valence-corrected chi connectivity index (χ0v) is 19.8. The highest BCUT2D eigenvalue weighted by Gasteiger charge is 2.24. The minimum absolute atomic E-state index is 0.0546. The number of nitro benzene ring substituents is 2. The lowest BCUT2D eigenvalue weighted by molar-refractivity contribution is -0.393. The van der Waals surface area contributed by atoms with Gasteiger partial charge in [-0.2, -0.15) is 0 Å². The van der Waals surface area contributed by atoms with Crippen molar-refractivity contribution in [2.45, 2.75) is 26.8 Å². The number of hydrogen-bond acceptors (Lipinski definition) is 11. The molecular weight excluding hydrogens is 488 g/mol. The van der Waals surface area contributed by atoms with Gasteiger partial charge in [-0.1, -0.05) is 11.6 Å². The molecule has 2 aromatic carbocycles. The number of esters is 1. The molecule has 15 heteroatoms. The third-order valence-corrected chi connectivity index (χ3v) is 4.55. The average Bonchev–Trinajstić information content (AvgIpc) is 2.76. The lowest BCUT2D eigenvalue weighted by atomic mass is 10.2. The SMILES string of the molecule is COc1cc(N=Nc2c(Cl)cc([N+](=O)[O-])cc2[N+](=O)[O-])c(NC(C)=O)cc1NC(C)COC(C)=O. The van der Waals surface area contributed by atoms with E-state index in [2.05, 4.69) is 20.9 Å². The molecule has 0 saturated heterocycles. The van der Waals surface area contributed by atoms with Crippen LogP contribution in [0.1, 0.15) is 20.8 Å². The van der Waals surface area contributed by atoms with Crippen molar-refractivity contribution in [1.82, 2.24) is 0 Å². The van der Waals surface area contributed by atoms with Gasteiger partial charge in [0, 0.05) is 26.0 Å². The van der Waals surface area contributed by atoms with Crippen molar-refractivity contribution >= 4 is 57.6 Å². The van der Waals surface area contributed by atoms with Gasteiger partial charge in [-0.15, -0.1) is 10.2 Å². The predicted molar refractivity (Wildman–Crippen MR) is 126 cm³/mol. The molecule has 0 radical (unpaired) electrons. The molecule has 14 nitrogen and oxygen atoms in total. The number of methoxy groups -OCH3 is 1. The van der Waals surface area contributed by atoms with Gasteiger partial charge in [0.25, 0.3) is 5.69 Å². The molecule has 2 N–H and O–H groups in total. The number of azo groups is 1. The number of amides is 1. The summed E-state index contributed by atoms with van der Waals surface area (Å²) in [5, 5.41) is 35.5. The van der Waals surface area contributed by atoms with E-state index >= 15 is 0 Å². The molecule has 0 bridgehead atoms. The number of benzene rings is 2. The van der Waals surface area contributed by atoms with Crippen molar-refractivity contribution < 1.29 is 28.9 Å². The van der Waals surface area contributed by atoms with Crippen molar-refractivity contribution in [1.29, 1.82) is 0 Å². The Bertz CT molecular complexity index is 1200. The molecule has 1 unspecified atom stereocenters. The second-order valence-corrected chi connectivity index (χ2v) is 7.52. The van der Waals surface area contributed by atoms with Gasteiger partial charge in [0.05, 0.1) is 45.5 Å². The monoisotopic (exact) mass is 508 g/mol. The third-order valence-electron chi connectivity index (χ3n) is 4.26. The molecular formula is C20H21ClN6O8. The highest BCUT2D eigenvalue weighted by Crippen LogP contribution is 2.42. The van der Waals surface area contributed by atoms with Crippen LogP contribution in [0.2, 0.25) is 5.02 Å². The van der Waals surface area contributed by atoms with Crippen LogP contribution in [0.5, 0.6) is 5.75 Å². The minimum Gasteiger partial charge on any atom is -0.495 e. The van der Waals surface area contributed by atoms with E-state index in [4.69, 9.17) is 21.1 Å². The Morgan fingerprint density at radius 2 is 1.77 bits per heavy atom. The average molecular weight is 509 g/mol. The van der Waals surface area contributed by atoms with Crippen molar-refractivity contribution in [3.8, 4) is 5.75 Å². The number of carbonyl (C=O) groups excluding carboxylic acids is 2. The third kappa shape index (κ3) is 7.33. The van der Waals surface area contributed by atoms with Gasteiger partial charge in [-0.3, -0.25) is 29.8 Å². The Hall–Kier alpha value is -4.33. The summed E-state index contributed by atoms with van der Waals surface area (Å²) in [7, 11) is 1.38. The van der Waals surface area contributed by atoms with E-state index in [1.165, 1.54) is 33.1 Å². The van der Waals surface area contributed by atoms with E-state index < -0.39 is 38.8 Å². The maximum absolute atomic E-state index is 11.7. The van der Waals surface area contributed by atoms with E-state index in [-0.39, 0.29) is 34.8 Å². The van der Waals surface area contributed by atoms with Crippen LogP contribution in [0.3, 0.4) is 0 Å². The smallest absolute Gasteiger partial charge is 0.305 e. The number of halogens is 1. The number of nitrogens with zero attached hydrogens (tertiary/aromatic N) is 4. The summed E-state index contributed by atoms with van der Waals surface area (Å²) in [6.07, 6.45) is 0. The number of nitro groups is 2. The highest BCUT2D eigenvalue weighted by atomic mass is 35.5. The lowest BCUT2D eigenvalue weighted by Gasteiger charge is -2.19. The van der Waals surface area contributed by atoms with E-state index in [0.29, 0.717) is 11.8 Å². The Morgan fingerprint density at radius 1 is 1.09 bits per heavy atom. The summed E-state index contributed by atoms with van der Waals surface area (Å²) in [6.45, 7) is 4.37. The van der Waals surface area contributed by atoms with Crippen LogP contribution >= 0.6 is 11.6 Å². The number of hydrogen-bond donors (Lipinski definition) is 2. The van der Waals surface area contributed by atoms with Gasteiger partial charge >= 0.3 is 11.7 Å². The molecule has 0 aromatic heterocycles. The molecule has 1 atom stereocenters. The van der Waals surface area contributed by atoms with Crippen LogP contribution in [-0.4, -0.2) is 41.5 Å². The van der Waals surface area contributed by atoms with Gasteiger partial charge in [0.15, 0.2) is 5.69 Å². The molecule has 0 spiro atoms. The maximum atomic E-state index is 11.7. The maximum Gasteiger partial charge on any atom is 0.305 e. The van der Waals surface area contributed by atoms with E-state index in [1.807, 2.05) is 0 Å².